The summed E-state index contributed by atoms with van der Waals surface area (Å²) >= 11 is 0. The molecule has 1 unspecified atom stereocenters. The number of halogens is 1. The van der Waals surface area contributed by atoms with Gasteiger partial charge in [0.25, 0.3) is 5.91 Å². The summed E-state index contributed by atoms with van der Waals surface area (Å²) in [5.41, 5.74) is 10.9. The van der Waals surface area contributed by atoms with E-state index in [0.29, 0.717) is 35.6 Å². The van der Waals surface area contributed by atoms with Crippen LogP contribution in [-0.2, 0) is 12.8 Å². The van der Waals surface area contributed by atoms with E-state index in [1.807, 2.05) is 13.8 Å². The van der Waals surface area contributed by atoms with Gasteiger partial charge in [-0.05, 0) is 62.3 Å². The van der Waals surface area contributed by atoms with E-state index in [1.54, 1.807) is 11.0 Å². The smallest absolute Gasteiger partial charge is 0.332 e. The van der Waals surface area contributed by atoms with Crippen molar-refractivity contribution in [2.75, 3.05) is 4.90 Å². The van der Waals surface area contributed by atoms with Crippen LogP contribution in [0.5, 0.6) is 0 Å². The summed E-state index contributed by atoms with van der Waals surface area (Å²) in [4.78, 5) is 26.5. The molecule has 4 rings (SSSR count). The van der Waals surface area contributed by atoms with E-state index < -0.39 is 6.03 Å². The van der Waals surface area contributed by atoms with Gasteiger partial charge in [-0.15, -0.1) is 0 Å². The highest BCUT2D eigenvalue weighted by atomic mass is 19.1. The number of aryl methyl sites for hydroxylation is 1. The maximum absolute atomic E-state index is 13.7. The Kier molecular flexibility index (Phi) is 5.11. The average Bonchev–Trinajstić information content (AvgIpc) is 3.00. The molecule has 0 saturated carbocycles. The summed E-state index contributed by atoms with van der Waals surface area (Å²) < 4.78 is 19.9. The van der Waals surface area contributed by atoms with E-state index in [-0.39, 0.29) is 28.9 Å². The van der Waals surface area contributed by atoms with Gasteiger partial charge in [-0.2, -0.15) is 5.10 Å². The molecule has 2 heterocycles. The number of hydrogen-bond acceptors (Lipinski definition) is 4. The SMILES string of the molecule is Cc1c(C(=O)N2c3ccc(F)cc3CCC2C)oc2c1/C(=N\NC(N)=O)CC(C)(C)C2. The molecule has 0 saturated heterocycles. The van der Waals surface area contributed by atoms with E-state index in [0.717, 1.165) is 24.0 Å². The Labute approximate surface area is 180 Å². The highest BCUT2D eigenvalue weighted by molar-refractivity contribution is 6.11. The quantitative estimate of drug-likeness (QED) is 0.708. The van der Waals surface area contributed by atoms with Gasteiger partial charge in [-0.3, -0.25) is 4.79 Å². The molecule has 0 spiro atoms. The lowest BCUT2D eigenvalue weighted by Crippen LogP contribution is -2.42. The topological polar surface area (TPSA) is 101 Å². The monoisotopic (exact) mass is 426 g/mol. The lowest BCUT2D eigenvalue weighted by molar-refractivity contribution is 0.0944. The Hall–Kier alpha value is -3.16. The fourth-order valence-corrected chi connectivity index (χ4v) is 4.68. The molecule has 7 nitrogen and oxygen atoms in total. The van der Waals surface area contributed by atoms with Crippen LogP contribution < -0.4 is 16.1 Å². The van der Waals surface area contributed by atoms with Crippen LogP contribution >= 0.6 is 0 Å². The Morgan fingerprint density at radius 1 is 1.32 bits per heavy atom. The van der Waals surface area contributed by atoms with Crippen LogP contribution in [-0.4, -0.2) is 23.7 Å². The highest BCUT2D eigenvalue weighted by Crippen LogP contribution is 2.40. The van der Waals surface area contributed by atoms with Crippen LogP contribution in [0.25, 0.3) is 0 Å². The van der Waals surface area contributed by atoms with Crippen molar-refractivity contribution >= 4 is 23.3 Å². The number of hydrazone groups is 1. The van der Waals surface area contributed by atoms with Crippen molar-refractivity contribution in [1.82, 2.24) is 5.43 Å². The lowest BCUT2D eigenvalue weighted by Gasteiger charge is -2.34. The zero-order chi connectivity index (χ0) is 22.5. The largest absolute Gasteiger partial charge is 0.455 e. The van der Waals surface area contributed by atoms with E-state index in [2.05, 4.69) is 24.4 Å². The van der Waals surface area contributed by atoms with Crippen molar-refractivity contribution in [3.63, 3.8) is 0 Å². The number of nitrogens with two attached hydrogens (primary N) is 1. The lowest BCUT2D eigenvalue weighted by atomic mass is 9.75. The summed E-state index contributed by atoms with van der Waals surface area (Å²) in [5.74, 6) is 0.354. The molecular formula is C23H27FN4O3. The van der Waals surface area contributed by atoms with E-state index in [4.69, 9.17) is 10.2 Å². The number of benzene rings is 1. The van der Waals surface area contributed by atoms with Gasteiger partial charge < -0.3 is 15.1 Å². The standard InChI is InChI=1S/C23H27FN4O3/c1-12-5-6-14-9-15(24)7-8-17(14)28(12)21(29)20-13(2)19-16(26-27-22(25)30)10-23(3,4)11-18(19)31-20/h7-9,12H,5-6,10-11H2,1-4H3,(H3,25,27,30)/b26-16-. The minimum Gasteiger partial charge on any atom is -0.455 e. The van der Waals surface area contributed by atoms with Gasteiger partial charge in [0.05, 0.1) is 5.71 Å². The van der Waals surface area contributed by atoms with Crippen LogP contribution in [0.3, 0.4) is 0 Å². The number of amides is 3. The third-order valence-corrected chi connectivity index (χ3v) is 6.08. The number of nitrogens with one attached hydrogen (secondary N) is 1. The van der Waals surface area contributed by atoms with Gasteiger partial charge in [0, 0.05) is 29.3 Å². The van der Waals surface area contributed by atoms with Crippen LogP contribution in [0, 0.1) is 18.2 Å². The van der Waals surface area contributed by atoms with E-state index in [1.165, 1.54) is 12.1 Å². The van der Waals surface area contributed by atoms with Crippen LogP contribution in [0.15, 0.2) is 27.7 Å². The molecule has 1 aromatic carbocycles. The molecule has 3 N–H and O–H groups in total. The number of furan rings is 1. The van der Waals surface area contributed by atoms with Gasteiger partial charge >= 0.3 is 6.03 Å². The molecule has 1 atom stereocenters. The minimum absolute atomic E-state index is 0.0481. The third kappa shape index (κ3) is 3.82. The molecule has 2 aromatic rings. The summed E-state index contributed by atoms with van der Waals surface area (Å²) in [6, 6.07) is 3.72. The summed E-state index contributed by atoms with van der Waals surface area (Å²) in [5, 5.41) is 4.19. The number of urea groups is 1. The average molecular weight is 426 g/mol. The van der Waals surface area contributed by atoms with Crippen LogP contribution in [0.4, 0.5) is 14.9 Å². The number of nitrogens with zero attached hydrogens (tertiary/aromatic N) is 2. The van der Waals surface area contributed by atoms with E-state index in [9.17, 15) is 14.0 Å². The second kappa shape index (κ2) is 7.51. The zero-order valence-corrected chi connectivity index (χ0v) is 18.2. The number of carbonyl (C=O) groups excluding carboxylic acids is 2. The Morgan fingerprint density at radius 3 is 2.77 bits per heavy atom. The third-order valence-electron chi connectivity index (χ3n) is 6.08. The molecule has 164 valence electrons. The van der Waals surface area contributed by atoms with Crippen molar-refractivity contribution < 1.29 is 18.4 Å². The molecule has 1 aromatic heterocycles. The number of rotatable bonds is 2. The molecule has 1 aliphatic carbocycles. The number of anilines is 1. The summed E-state index contributed by atoms with van der Waals surface area (Å²) in [7, 11) is 0. The maximum Gasteiger partial charge on any atom is 0.332 e. The van der Waals surface area contributed by atoms with Gasteiger partial charge in [0.15, 0.2) is 5.76 Å². The summed E-state index contributed by atoms with van der Waals surface area (Å²) in [6.45, 7) is 7.96. The van der Waals surface area contributed by atoms with Crippen molar-refractivity contribution in [2.24, 2.45) is 16.3 Å². The van der Waals surface area contributed by atoms with Crippen LogP contribution in [0.1, 0.15) is 66.6 Å². The van der Waals surface area contributed by atoms with Gasteiger partial charge in [-0.1, -0.05) is 13.8 Å². The first kappa shape index (κ1) is 21.1. The fourth-order valence-electron chi connectivity index (χ4n) is 4.68. The molecule has 0 bridgehead atoms. The minimum atomic E-state index is -0.749. The predicted molar refractivity (Wildman–Crippen MR) is 116 cm³/mol. The van der Waals surface area contributed by atoms with Crippen LogP contribution in [0.2, 0.25) is 0 Å². The number of carbonyl (C=O) groups is 2. The molecule has 0 radical (unpaired) electrons. The second-order valence-electron chi connectivity index (χ2n) is 9.24. The van der Waals surface area contributed by atoms with E-state index >= 15 is 0 Å². The van der Waals surface area contributed by atoms with Crippen molar-refractivity contribution in [1.29, 1.82) is 0 Å². The molecular weight excluding hydrogens is 399 g/mol. The van der Waals surface area contributed by atoms with Crippen molar-refractivity contribution in [3.8, 4) is 0 Å². The maximum atomic E-state index is 13.7. The second-order valence-corrected chi connectivity index (χ2v) is 9.24. The first-order valence-corrected chi connectivity index (χ1v) is 10.4. The van der Waals surface area contributed by atoms with Gasteiger partial charge in [0.1, 0.15) is 11.6 Å². The molecule has 0 fully saturated rings. The fraction of sp³-hybridized carbons (Fsp3) is 0.435. The first-order chi connectivity index (χ1) is 14.6. The van der Waals surface area contributed by atoms with Crippen molar-refractivity contribution in [2.45, 2.75) is 59.4 Å². The van der Waals surface area contributed by atoms with Gasteiger partial charge in [-0.25, -0.2) is 14.6 Å². The Balaban J connectivity index is 1.78. The molecule has 3 amide bonds. The molecule has 31 heavy (non-hydrogen) atoms. The molecule has 8 heteroatoms. The number of hydrogen-bond donors (Lipinski definition) is 2. The first-order valence-electron chi connectivity index (χ1n) is 10.4. The highest BCUT2D eigenvalue weighted by Gasteiger charge is 2.38. The van der Waals surface area contributed by atoms with Gasteiger partial charge in [0.2, 0.25) is 0 Å². The predicted octanol–water partition coefficient (Wildman–Crippen LogP) is 4.05. The Morgan fingerprint density at radius 2 is 2.06 bits per heavy atom. The molecule has 2 aliphatic rings. The normalized spacial score (nSPS) is 20.9. The number of primary amides is 1. The van der Waals surface area contributed by atoms with Crippen molar-refractivity contribution in [3.05, 3.63) is 52.2 Å². The zero-order valence-electron chi connectivity index (χ0n) is 18.2. The number of fused-ring (bicyclic) bond motifs is 2. The Bertz CT molecular complexity index is 1100. The molecule has 1 aliphatic heterocycles. The summed E-state index contributed by atoms with van der Waals surface area (Å²) in [6.07, 6.45) is 2.71.